The maximum absolute atomic E-state index is 12.1. The molecule has 1 aliphatic rings. The van der Waals surface area contributed by atoms with Crippen molar-refractivity contribution in [2.24, 2.45) is 0 Å². The molecule has 0 saturated heterocycles. The van der Waals surface area contributed by atoms with Crippen molar-refractivity contribution in [2.75, 3.05) is 0 Å². The molecule has 1 N–H and O–H groups in total. The summed E-state index contributed by atoms with van der Waals surface area (Å²) in [6, 6.07) is 0.109. The monoisotopic (exact) mass is 267 g/mol. The Balaban J connectivity index is 1.99. The van der Waals surface area contributed by atoms with Gasteiger partial charge >= 0.3 is 0 Å². The SMILES string of the molecule is CC(C)c1nnsc1C(=O)NC1CCC(=O)CC1. The molecule has 0 atom stereocenters. The van der Waals surface area contributed by atoms with E-state index in [2.05, 4.69) is 14.9 Å². The van der Waals surface area contributed by atoms with Crippen LogP contribution in [0.4, 0.5) is 0 Å². The molecule has 1 saturated carbocycles. The molecule has 1 heterocycles. The summed E-state index contributed by atoms with van der Waals surface area (Å²) in [6.07, 6.45) is 2.63. The Labute approximate surface area is 110 Å². The number of carbonyl (C=O) groups excluding carboxylic acids is 2. The summed E-state index contributed by atoms with van der Waals surface area (Å²) < 4.78 is 3.85. The lowest BCUT2D eigenvalue weighted by atomic mass is 9.94. The van der Waals surface area contributed by atoms with E-state index in [0.717, 1.165) is 30.1 Å². The summed E-state index contributed by atoms with van der Waals surface area (Å²) in [5, 5.41) is 6.97. The molecule has 18 heavy (non-hydrogen) atoms. The zero-order valence-electron chi connectivity index (χ0n) is 10.6. The first-order chi connectivity index (χ1) is 8.58. The van der Waals surface area contributed by atoms with Gasteiger partial charge < -0.3 is 5.32 Å². The number of carbonyl (C=O) groups is 2. The lowest BCUT2D eigenvalue weighted by molar-refractivity contribution is -0.120. The molecule has 5 nitrogen and oxygen atoms in total. The molecular weight excluding hydrogens is 250 g/mol. The molecule has 2 rings (SSSR count). The van der Waals surface area contributed by atoms with Gasteiger partial charge in [-0.2, -0.15) is 0 Å². The Bertz CT molecular complexity index is 446. The van der Waals surface area contributed by atoms with Crippen molar-refractivity contribution in [3.63, 3.8) is 0 Å². The first-order valence-corrected chi connectivity index (χ1v) is 7.00. The van der Waals surface area contributed by atoms with Crippen LogP contribution in [-0.4, -0.2) is 27.3 Å². The number of nitrogens with zero attached hydrogens (tertiary/aromatic N) is 2. The predicted octanol–water partition coefficient (Wildman–Crippen LogP) is 1.90. The third kappa shape index (κ3) is 2.93. The normalized spacial score (nSPS) is 17.2. The van der Waals surface area contributed by atoms with Crippen LogP contribution < -0.4 is 5.32 Å². The number of nitrogens with one attached hydrogen (secondary N) is 1. The van der Waals surface area contributed by atoms with E-state index >= 15 is 0 Å². The Kier molecular flexibility index (Phi) is 4.06. The topological polar surface area (TPSA) is 72.0 Å². The summed E-state index contributed by atoms with van der Waals surface area (Å²) in [6.45, 7) is 3.99. The fourth-order valence-corrected chi connectivity index (χ4v) is 2.79. The minimum atomic E-state index is -0.104. The van der Waals surface area contributed by atoms with Gasteiger partial charge in [-0.05, 0) is 30.3 Å². The van der Waals surface area contributed by atoms with Crippen LogP contribution in [0.15, 0.2) is 0 Å². The molecule has 0 spiro atoms. The van der Waals surface area contributed by atoms with Crippen LogP contribution in [-0.2, 0) is 4.79 Å². The number of Topliss-reactive ketones (excluding diaryl/α,β-unsaturated/α-hetero) is 1. The maximum atomic E-state index is 12.1. The van der Waals surface area contributed by atoms with Gasteiger partial charge in [0.1, 0.15) is 10.7 Å². The van der Waals surface area contributed by atoms with Crippen molar-refractivity contribution in [1.82, 2.24) is 14.9 Å². The van der Waals surface area contributed by atoms with Crippen molar-refractivity contribution in [2.45, 2.75) is 51.5 Å². The first kappa shape index (κ1) is 13.1. The van der Waals surface area contributed by atoms with Crippen LogP contribution in [0.5, 0.6) is 0 Å². The van der Waals surface area contributed by atoms with Crippen LogP contribution in [0.1, 0.15) is 60.8 Å². The van der Waals surface area contributed by atoms with Gasteiger partial charge in [0.25, 0.3) is 5.91 Å². The molecule has 1 aliphatic carbocycles. The Morgan fingerprint density at radius 2 is 2.06 bits per heavy atom. The van der Waals surface area contributed by atoms with E-state index in [0.29, 0.717) is 23.5 Å². The van der Waals surface area contributed by atoms with E-state index in [4.69, 9.17) is 0 Å². The van der Waals surface area contributed by atoms with Gasteiger partial charge in [0.05, 0.1) is 5.69 Å². The standard InChI is InChI=1S/C12H17N3O2S/c1-7(2)10-11(18-15-14-10)12(17)13-8-3-5-9(16)6-4-8/h7-8H,3-6H2,1-2H3,(H,13,17). The number of aromatic nitrogens is 2. The van der Waals surface area contributed by atoms with Crippen LogP contribution in [0, 0.1) is 0 Å². The molecule has 0 aromatic carbocycles. The molecule has 0 unspecified atom stereocenters. The average Bonchev–Trinajstić information content (AvgIpc) is 2.81. The van der Waals surface area contributed by atoms with Gasteiger partial charge in [0.15, 0.2) is 0 Å². The zero-order valence-corrected chi connectivity index (χ0v) is 11.4. The second kappa shape index (κ2) is 5.56. The number of hydrogen-bond acceptors (Lipinski definition) is 5. The lowest BCUT2D eigenvalue weighted by Gasteiger charge is -2.21. The number of ketones is 1. The van der Waals surface area contributed by atoms with Gasteiger partial charge in [-0.25, -0.2) is 0 Å². The van der Waals surface area contributed by atoms with Gasteiger partial charge in [0.2, 0.25) is 0 Å². The molecule has 1 amide bonds. The van der Waals surface area contributed by atoms with Gasteiger partial charge in [-0.3, -0.25) is 9.59 Å². The highest BCUT2D eigenvalue weighted by molar-refractivity contribution is 7.08. The number of hydrogen-bond donors (Lipinski definition) is 1. The molecule has 0 radical (unpaired) electrons. The minimum absolute atomic E-state index is 0.104. The fraction of sp³-hybridized carbons (Fsp3) is 0.667. The van der Waals surface area contributed by atoms with Gasteiger partial charge in [0, 0.05) is 18.9 Å². The van der Waals surface area contributed by atoms with E-state index < -0.39 is 0 Å². The van der Waals surface area contributed by atoms with Crippen LogP contribution >= 0.6 is 11.5 Å². The largest absolute Gasteiger partial charge is 0.348 e. The summed E-state index contributed by atoms with van der Waals surface area (Å²) in [7, 11) is 0. The quantitative estimate of drug-likeness (QED) is 0.908. The molecule has 0 bridgehead atoms. The molecule has 1 aromatic rings. The molecule has 0 aliphatic heterocycles. The second-order valence-corrected chi connectivity index (χ2v) is 5.68. The van der Waals surface area contributed by atoms with Crippen molar-refractivity contribution < 1.29 is 9.59 Å². The first-order valence-electron chi connectivity index (χ1n) is 6.22. The zero-order chi connectivity index (χ0) is 13.1. The van der Waals surface area contributed by atoms with E-state index in [1.807, 2.05) is 13.8 Å². The second-order valence-electron chi connectivity index (χ2n) is 4.93. The number of amides is 1. The molecule has 6 heteroatoms. The highest BCUT2D eigenvalue weighted by Crippen LogP contribution is 2.21. The Morgan fingerprint density at radius 3 is 2.67 bits per heavy atom. The van der Waals surface area contributed by atoms with Crippen LogP contribution in [0.25, 0.3) is 0 Å². The smallest absolute Gasteiger partial charge is 0.265 e. The maximum Gasteiger partial charge on any atom is 0.265 e. The van der Waals surface area contributed by atoms with Crippen LogP contribution in [0.3, 0.4) is 0 Å². The van der Waals surface area contributed by atoms with E-state index in [9.17, 15) is 9.59 Å². The van der Waals surface area contributed by atoms with E-state index in [1.54, 1.807) is 0 Å². The molecular formula is C12H17N3O2S. The summed E-state index contributed by atoms with van der Waals surface area (Å²) in [5.74, 6) is 0.383. The van der Waals surface area contributed by atoms with Crippen molar-refractivity contribution in [1.29, 1.82) is 0 Å². The molecule has 1 fully saturated rings. The van der Waals surface area contributed by atoms with Crippen molar-refractivity contribution in [3.05, 3.63) is 10.6 Å². The van der Waals surface area contributed by atoms with Gasteiger partial charge in [-0.15, -0.1) is 5.10 Å². The van der Waals surface area contributed by atoms with E-state index in [1.165, 1.54) is 0 Å². The van der Waals surface area contributed by atoms with Crippen LogP contribution in [0.2, 0.25) is 0 Å². The lowest BCUT2D eigenvalue weighted by Crippen LogP contribution is -2.37. The Hall–Kier alpha value is -1.30. The van der Waals surface area contributed by atoms with Gasteiger partial charge in [-0.1, -0.05) is 18.3 Å². The van der Waals surface area contributed by atoms with Crippen molar-refractivity contribution in [3.8, 4) is 0 Å². The highest BCUT2D eigenvalue weighted by Gasteiger charge is 2.24. The van der Waals surface area contributed by atoms with Crippen molar-refractivity contribution >= 4 is 23.2 Å². The molecule has 98 valence electrons. The molecule has 1 aromatic heterocycles. The summed E-state index contributed by atoms with van der Waals surface area (Å²) in [4.78, 5) is 23.9. The average molecular weight is 267 g/mol. The highest BCUT2D eigenvalue weighted by atomic mass is 32.1. The third-order valence-corrected chi connectivity index (χ3v) is 3.89. The number of rotatable bonds is 3. The predicted molar refractivity (Wildman–Crippen MR) is 68.7 cm³/mol. The third-order valence-electron chi connectivity index (χ3n) is 3.14. The minimum Gasteiger partial charge on any atom is -0.348 e. The fourth-order valence-electron chi connectivity index (χ4n) is 2.07. The summed E-state index contributed by atoms with van der Waals surface area (Å²) >= 11 is 1.14. The summed E-state index contributed by atoms with van der Waals surface area (Å²) in [5.41, 5.74) is 0.754. The Morgan fingerprint density at radius 1 is 1.39 bits per heavy atom. The van der Waals surface area contributed by atoms with E-state index in [-0.39, 0.29) is 17.9 Å².